The molecule has 5 heteroatoms. The number of nitrogens with zero attached hydrogens (tertiary/aromatic N) is 2. The molecular weight excluding hydrogens is 318 g/mol. The van der Waals surface area contributed by atoms with Crippen molar-refractivity contribution in [2.24, 2.45) is 0 Å². The van der Waals surface area contributed by atoms with Gasteiger partial charge < -0.3 is 10.2 Å². The lowest BCUT2D eigenvalue weighted by molar-refractivity contribution is 0.0910. The zero-order valence-corrected chi connectivity index (χ0v) is 13.5. The number of aromatic nitrogens is 1. The van der Waals surface area contributed by atoms with E-state index in [1.54, 1.807) is 18.3 Å². The van der Waals surface area contributed by atoms with Gasteiger partial charge in [-0.1, -0.05) is 13.3 Å². The van der Waals surface area contributed by atoms with Gasteiger partial charge in [-0.25, -0.2) is 4.98 Å². The van der Waals surface area contributed by atoms with Crippen molar-refractivity contribution in [3.8, 4) is 0 Å². The van der Waals surface area contributed by atoms with Crippen LogP contribution in [0.2, 0.25) is 0 Å². The summed E-state index contributed by atoms with van der Waals surface area (Å²) in [4.78, 5) is 18.7. The van der Waals surface area contributed by atoms with Crippen LogP contribution in [-0.4, -0.2) is 41.5 Å². The molecule has 0 saturated carbocycles. The molecular formula is C15H22BrN3O. The molecule has 0 bridgehead atoms. The first-order chi connectivity index (χ1) is 9.69. The number of halogens is 1. The highest BCUT2D eigenvalue weighted by atomic mass is 79.9. The molecule has 2 heterocycles. The number of hydrogen-bond donors (Lipinski definition) is 1. The van der Waals surface area contributed by atoms with E-state index in [0.717, 1.165) is 30.5 Å². The van der Waals surface area contributed by atoms with Gasteiger partial charge in [0.05, 0.1) is 5.56 Å². The van der Waals surface area contributed by atoms with Crippen LogP contribution in [0.3, 0.4) is 0 Å². The molecule has 2 rings (SSSR count). The minimum atomic E-state index is -0.0167. The highest BCUT2D eigenvalue weighted by molar-refractivity contribution is 9.10. The zero-order chi connectivity index (χ0) is 14.4. The molecule has 1 aliphatic heterocycles. The van der Waals surface area contributed by atoms with Crippen molar-refractivity contribution < 1.29 is 4.79 Å². The van der Waals surface area contributed by atoms with Gasteiger partial charge in [0.1, 0.15) is 4.60 Å². The molecule has 1 aromatic heterocycles. The van der Waals surface area contributed by atoms with Gasteiger partial charge in [0.15, 0.2) is 0 Å². The normalized spacial score (nSPS) is 17.1. The molecule has 0 atom stereocenters. The Morgan fingerprint density at radius 3 is 2.80 bits per heavy atom. The van der Waals surface area contributed by atoms with Crippen LogP contribution in [0.4, 0.5) is 0 Å². The summed E-state index contributed by atoms with van der Waals surface area (Å²) in [6.07, 6.45) is 6.20. The van der Waals surface area contributed by atoms with Crippen molar-refractivity contribution in [2.75, 3.05) is 19.6 Å². The molecule has 1 aliphatic rings. The van der Waals surface area contributed by atoms with Gasteiger partial charge in [-0.05, 0) is 53.9 Å². The minimum Gasteiger partial charge on any atom is -0.349 e. The van der Waals surface area contributed by atoms with E-state index in [1.165, 1.54) is 19.4 Å². The van der Waals surface area contributed by atoms with Gasteiger partial charge in [0.25, 0.3) is 5.91 Å². The average molecular weight is 340 g/mol. The van der Waals surface area contributed by atoms with E-state index in [-0.39, 0.29) is 5.91 Å². The largest absolute Gasteiger partial charge is 0.349 e. The van der Waals surface area contributed by atoms with Crippen LogP contribution in [0.15, 0.2) is 22.9 Å². The molecule has 1 fully saturated rings. The Morgan fingerprint density at radius 1 is 1.45 bits per heavy atom. The van der Waals surface area contributed by atoms with E-state index < -0.39 is 0 Å². The molecule has 0 aromatic carbocycles. The van der Waals surface area contributed by atoms with Crippen molar-refractivity contribution >= 4 is 21.8 Å². The second-order valence-electron chi connectivity index (χ2n) is 5.31. The standard InChI is InChI=1S/C15H22BrN3O/c1-2-3-8-19-9-6-13(7-10-19)18-15(20)12-4-5-14(16)17-11-12/h4-5,11,13H,2-3,6-10H2,1H3,(H,18,20). The van der Waals surface area contributed by atoms with Gasteiger partial charge in [-0.3, -0.25) is 4.79 Å². The molecule has 0 spiro atoms. The van der Waals surface area contributed by atoms with Crippen LogP contribution >= 0.6 is 15.9 Å². The summed E-state index contributed by atoms with van der Waals surface area (Å²) in [5.74, 6) is -0.0167. The maximum atomic E-state index is 12.1. The van der Waals surface area contributed by atoms with Crippen molar-refractivity contribution in [3.05, 3.63) is 28.5 Å². The van der Waals surface area contributed by atoms with Crippen LogP contribution in [0.25, 0.3) is 0 Å². The predicted octanol–water partition coefficient (Wildman–Crippen LogP) is 2.84. The van der Waals surface area contributed by atoms with Crippen LogP contribution in [0, 0.1) is 0 Å². The lowest BCUT2D eigenvalue weighted by Gasteiger charge is -2.32. The minimum absolute atomic E-state index is 0.0167. The topological polar surface area (TPSA) is 45.2 Å². The number of carbonyl (C=O) groups is 1. The number of hydrogen-bond acceptors (Lipinski definition) is 3. The van der Waals surface area contributed by atoms with Crippen molar-refractivity contribution in [2.45, 2.75) is 38.6 Å². The zero-order valence-electron chi connectivity index (χ0n) is 11.9. The number of nitrogens with one attached hydrogen (secondary N) is 1. The Morgan fingerprint density at radius 2 is 2.20 bits per heavy atom. The summed E-state index contributed by atoms with van der Waals surface area (Å²) in [5, 5.41) is 3.11. The molecule has 20 heavy (non-hydrogen) atoms. The fourth-order valence-corrected chi connectivity index (χ4v) is 2.70. The van der Waals surface area contributed by atoms with Crippen molar-refractivity contribution in [1.82, 2.24) is 15.2 Å². The smallest absolute Gasteiger partial charge is 0.253 e. The van der Waals surface area contributed by atoms with E-state index in [2.05, 4.69) is 38.1 Å². The van der Waals surface area contributed by atoms with Crippen LogP contribution in [0.5, 0.6) is 0 Å². The van der Waals surface area contributed by atoms with E-state index in [1.807, 2.05) is 0 Å². The highest BCUT2D eigenvalue weighted by Gasteiger charge is 2.20. The Hall–Kier alpha value is -0.940. The molecule has 0 unspecified atom stereocenters. The Balaban J connectivity index is 1.77. The van der Waals surface area contributed by atoms with E-state index in [4.69, 9.17) is 0 Å². The fraction of sp³-hybridized carbons (Fsp3) is 0.600. The van der Waals surface area contributed by atoms with Gasteiger partial charge in [0.2, 0.25) is 0 Å². The number of rotatable bonds is 5. The Kier molecular flexibility index (Phi) is 5.98. The third kappa shape index (κ3) is 4.56. The van der Waals surface area contributed by atoms with Crippen molar-refractivity contribution in [1.29, 1.82) is 0 Å². The summed E-state index contributed by atoms with van der Waals surface area (Å²) in [5.41, 5.74) is 0.626. The second kappa shape index (κ2) is 7.74. The van der Waals surface area contributed by atoms with Crippen LogP contribution in [-0.2, 0) is 0 Å². The number of amides is 1. The lowest BCUT2D eigenvalue weighted by Crippen LogP contribution is -2.44. The lowest BCUT2D eigenvalue weighted by atomic mass is 10.0. The molecule has 1 aromatic rings. The van der Waals surface area contributed by atoms with Gasteiger partial charge in [0, 0.05) is 25.3 Å². The maximum Gasteiger partial charge on any atom is 0.253 e. The summed E-state index contributed by atoms with van der Waals surface area (Å²) < 4.78 is 0.748. The number of pyridine rings is 1. The molecule has 0 radical (unpaired) electrons. The molecule has 1 amide bonds. The quantitative estimate of drug-likeness (QED) is 0.839. The molecule has 110 valence electrons. The first-order valence-corrected chi connectivity index (χ1v) is 8.13. The SMILES string of the molecule is CCCCN1CCC(NC(=O)c2ccc(Br)nc2)CC1. The van der Waals surface area contributed by atoms with Crippen molar-refractivity contribution in [3.63, 3.8) is 0 Å². The number of carbonyl (C=O) groups excluding carboxylic acids is 1. The average Bonchev–Trinajstić information content (AvgIpc) is 2.47. The van der Waals surface area contributed by atoms with Gasteiger partial charge in [-0.2, -0.15) is 0 Å². The molecule has 1 N–H and O–H groups in total. The molecule has 1 saturated heterocycles. The van der Waals surface area contributed by atoms with E-state index >= 15 is 0 Å². The third-order valence-electron chi connectivity index (χ3n) is 3.74. The maximum absolute atomic E-state index is 12.1. The first-order valence-electron chi connectivity index (χ1n) is 7.34. The van der Waals surface area contributed by atoms with Gasteiger partial charge >= 0.3 is 0 Å². The monoisotopic (exact) mass is 339 g/mol. The molecule has 0 aliphatic carbocycles. The van der Waals surface area contributed by atoms with Crippen LogP contribution < -0.4 is 5.32 Å². The summed E-state index contributed by atoms with van der Waals surface area (Å²) in [6.45, 7) is 5.58. The predicted molar refractivity (Wildman–Crippen MR) is 83.8 cm³/mol. The number of unbranched alkanes of at least 4 members (excludes halogenated alkanes) is 1. The number of likely N-dealkylation sites (tertiary alicyclic amines) is 1. The summed E-state index contributed by atoms with van der Waals surface area (Å²) in [6, 6.07) is 3.88. The summed E-state index contributed by atoms with van der Waals surface area (Å²) in [7, 11) is 0. The van der Waals surface area contributed by atoms with E-state index in [9.17, 15) is 4.79 Å². The number of piperidine rings is 1. The van der Waals surface area contributed by atoms with E-state index in [0.29, 0.717) is 11.6 Å². The third-order valence-corrected chi connectivity index (χ3v) is 4.21. The van der Waals surface area contributed by atoms with Crippen LogP contribution in [0.1, 0.15) is 43.0 Å². The van der Waals surface area contributed by atoms with Gasteiger partial charge in [-0.15, -0.1) is 0 Å². The fourth-order valence-electron chi connectivity index (χ4n) is 2.46. The molecule has 4 nitrogen and oxygen atoms in total. The summed E-state index contributed by atoms with van der Waals surface area (Å²) >= 11 is 3.27. The highest BCUT2D eigenvalue weighted by Crippen LogP contribution is 2.12. The Labute approximate surface area is 129 Å². The first kappa shape index (κ1) is 15.4. The second-order valence-corrected chi connectivity index (χ2v) is 6.13. The Bertz CT molecular complexity index is 427.